The van der Waals surface area contributed by atoms with Crippen molar-refractivity contribution in [1.29, 1.82) is 0 Å². The van der Waals surface area contributed by atoms with Gasteiger partial charge in [0.05, 0.1) is 13.2 Å². The van der Waals surface area contributed by atoms with E-state index in [1.807, 2.05) is 11.0 Å². The Labute approximate surface area is 118 Å². The summed E-state index contributed by atoms with van der Waals surface area (Å²) in [7, 11) is 0. The van der Waals surface area contributed by atoms with E-state index in [-0.39, 0.29) is 5.91 Å². The number of aromatic amines is 1. The van der Waals surface area contributed by atoms with Crippen molar-refractivity contribution >= 4 is 5.91 Å². The van der Waals surface area contributed by atoms with Gasteiger partial charge in [0.15, 0.2) is 5.79 Å². The molecule has 3 rings (SSSR count). The van der Waals surface area contributed by atoms with Crippen molar-refractivity contribution in [2.45, 2.75) is 38.4 Å². The third-order valence-electron chi connectivity index (χ3n) is 4.06. The Kier molecular flexibility index (Phi) is 3.52. The zero-order valence-electron chi connectivity index (χ0n) is 12.0. The SMILES string of the molecule is CC(C)c1cc(C(=O)N2CCC3(CC2)OCCO3)n[nH]1. The monoisotopic (exact) mass is 279 g/mol. The van der Waals surface area contributed by atoms with Crippen LogP contribution in [0, 0.1) is 0 Å². The second-order valence-corrected chi connectivity index (χ2v) is 5.76. The maximum absolute atomic E-state index is 12.4. The van der Waals surface area contributed by atoms with Crippen LogP contribution in [0.4, 0.5) is 0 Å². The van der Waals surface area contributed by atoms with E-state index in [0.29, 0.717) is 37.9 Å². The largest absolute Gasteiger partial charge is 0.347 e. The molecule has 0 saturated carbocycles. The molecule has 110 valence electrons. The highest BCUT2D eigenvalue weighted by atomic mass is 16.7. The van der Waals surface area contributed by atoms with E-state index in [4.69, 9.17) is 9.47 Å². The smallest absolute Gasteiger partial charge is 0.274 e. The van der Waals surface area contributed by atoms with Crippen molar-refractivity contribution < 1.29 is 14.3 Å². The summed E-state index contributed by atoms with van der Waals surface area (Å²) in [6, 6.07) is 1.85. The number of hydrogen-bond donors (Lipinski definition) is 1. The first-order chi connectivity index (χ1) is 9.60. The molecule has 1 aromatic heterocycles. The second kappa shape index (κ2) is 5.18. The minimum Gasteiger partial charge on any atom is -0.347 e. The van der Waals surface area contributed by atoms with Crippen molar-refractivity contribution in [3.05, 3.63) is 17.5 Å². The van der Waals surface area contributed by atoms with E-state index in [9.17, 15) is 4.79 Å². The Balaban J connectivity index is 1.63. The third-order valence-corrected chi connectivity index (χ3v) is 4.06. The Hall–Kier alpha value is -1.40. The third kappa shape index (κ3) is 2.45. The van der Waals surface area contributed by atoms with Crippen LogP contribution in [0.1, 0.15) is 48.8 Å². The van der Waals surface area contributed by atoms with Crippen molar-refractivity contribution in [1.82, 2.24) is 15.1 Å². The van der Waals surface area contributed by atoms with Crippen LogP contribution in [-0.2, 0) is 9.47 Å². The molecule has 3 heterocycles. The molecule has 20 heavy (non-hydrogen) atoms. The normalized spacial score (nSPS) is 21.9. The van der Waals surface area contributed by atoms with E-state index >= 15 is 0 Å². The van der Waals surface area contributed by atoms with Gasteiger partial charge in [0.25, 0.3) is 5.91 Å². The van der Waals surface area contributed by atoms with Crippen molar-refractivity contribution in [2.75, 3.05) is 26.3 Å². The molecule has 2 aliphatic rings. The first kappa shape index (κ1) is 13.6. The summed E-state index contributed by atoms with van der Waals surface area (Å²) < 4.78 is 11.3. The number of aromatic nitrogens is 2. The Morgan fingerprint density at radius 3 is 2.55 bits per heavy atom. The molecule has 1 N–H and O–H groups in total. The Bertz CT molecular complexity index is 482. The first-order valence-corrected chi connectivity index (χ1v) is 7.22. The van der Waals surface area contributed by atoms with Crippen molar-refractivity contribution in [3.63, 3.8) is 0 Å². The number of amides is 1. The van der Waals surface area contributed by atoms with E-state index in [0.717, 1.165) is 18.5 Å². The quantitative estimate of drug-likeness (QED) is 0.891. The van der Waals surface area contributed by atoms with Gasteiger partial charge in [-0.2, -0.15) is 5.10 Å². The number of carbonyl (C=O) groups is 1. The summed E-state index contributed by atoms with van der Waals surface area (Å²) in [6.45, 7) is 6.77. The Morgan fingerprint density at radius 1 is 1.35 bits per heavy atom. The minimum atomic E-state index is -0.439. The summed E-state index contributed by atoms with van der Waals surface area (Å²) in [6.07, 6.45) is 1.47. The average Bonchev–Trinajstić information content (AvgIpc) is 3.08. The molecule has 0 atom stereocenters. The van der Waals surface area contributed by atoms with Gasteiger partial charge in [-0.25, -0.2) is 0 Å². The topological polar surface area (TPSA) is 67.5 Å². The van der Waals surface area contributed by atoms with Crippen LogP contribution in [0.15, 0.2) is 6.07 Å². The predicted octanol–water partition coefficient (Wildman–Crippen LogP) is 1.51. The van der Waals surface area contributed by atoms with Gasteiger partial charge in [-0.15, -0.1) is 0 Å². The van der Waals surface area contributed by atoms with Crippen LogP contribution in [-0.4, -0.2) is 53.1 Å². The molecule has 0 aromatic carbocycles. The molecule has 1 aromatic rings. The van der Waals surface area contributed by atoms with Crippen LogP contribution in [0.3, 0.4) is 0 Å². The molecular weight excluding hydrogens is 258 g/mol. The molecule has 0 unspecified atom stereocenters. The summed E-state index contributed by atoms with van der Waals surface area (Å²) in [5, 5.41) is 7.05. The molecular formula is C14H21N3O3. The van der Waals surface area contributed by atoms with Crippen LogP contribution >= 0.6 is 0 Å². The lowest BCUT2D eigenvalue weighted by Gasteiger charge is -2.37. The molecule has 2 saturated heterocycles. The van der Waals surface area contributed by atoms with E-state index < -0.39 is 5.79 Å². The van der Waals surface area contributed by atoms with Gasteiger partial charge in [0, 0.05) is 31.6 Å². The molecule has 0 bridgehead atoms. The van der Waals surface area contributed by atoms with Gasteiger partial charge in [0.2, 0.25) is 0 Å². The summed E-state index contributed by atoms with van der Waals surface area (Å²) in [5.74, 6) is -0.110. The lowest BCUT2D eigenvalue weighted by molar-refractivity contribution is -0.181. The summed E-state index contributed by atoms with van der Waals surface area (Å²) >= 11 is 0. The van der Waals surface area contributed by atoms with Crippen molar-refractivity contribution in [3.8, 4) is 0 Å². The maximum atomic E-state index is 12.4. The van der Waals surface area contributed by atoms with E-state index in [1.54, 1.807) is 0 Å². The zero-order chi connectivity index (χ0) is 14.2. The average molecular weight is 279 g/mol. The first-order valence-electron chi connectivity index (χ1n) is 7.22. The van der Waals surface area contributed by atoms with Gasteiger partial charge in [0.1, 0.15) is 5.69 Å². The van der Waals surface area contributed by atoms with Gasteiger partial charge in [-0.3, -0.25) is 9.89 Å². The lowest BCUT2D eigenvalue weighted by Crippen LogP contribution is -2.47. The van der Waals surface area contributed by atoms with Crippen LogP contribution in [0.25, 0.3) is 0 Å². The summed E-state index contributed by atoms with van der Waals surface area (Å²) in [5.41, 5.74) is 1.49. The molecule has 0 radical (unpaired) electrons. The number of nitrogens with zero attached hydrogens (tertiary/aromatic N) is 2. The lowest BCUT2D eigenvalue weighted by atomic mass is 10.0. The van der Waals surface area contributed by atoms with Crippen LogP contribution in [0.2, 0.25) is 0 Å². The van der Waals surface area contributed by atoms with Crippen LogP contribution in [0.5, 0.6) is 0 Å². The van der Waals surface area contributed by atoms with Crippen LogP contribution < -0.4 is 0 Å². The maximum Gasteiger partial charge on any atom is 0.274 e. The predicted molar refractivity (Wildman–Crippen MR) is 72.4 cm³/mol. The van der Waals surface area contributed by atoms with Gasteiger partial charge in [-0.1, -0.05) is 13.8 Å². The highest BCUT2D eigenvalue weighted by molar-refractivity contribution is 5.92. The van der Waals surface area contributed by atoms with Crippen molar-refractivity contribution in [2.24, 2.45) is 0 Å². The molecule has 2 fully saturated rings. The number of likely N-dealkylation sites (tertiary alicyclic amines) is 1. The fraction of sp³-hybridized carbons (Fsp3) is 0.714. The summed E-state index contributed by atoms with van der Waals surface area (Å²) in [4.78, 5) is 14.2. The zero-order valence-corrected chi connectivity index (χ0v) is 12.0. The fourth-order valence-corrected chi connectivity index (χ4v) is 2.74. The molecule has 1 spiro atoms. The number of piperidine rings is 1. The highest BCUT2D eigenvalue weighted by Crippen LogP contribution is 2.31. The number of rotatable bonds is 2. The standard InChI is InChI=1S/C14H21N3O3/c1-10(2)11-9-12(16-15-11)13(18)17-5-3-14(4-6-17)19-7-8-20-14/h9-10H,3-8H2,1-2H3,(H,15,16). The molecule has 1 amide bonds. The second-order valence-electron chi connectivity index (χ2n) is 5.76. The molecule has 0 aliphatic carbocycles. The molecule has 6 heteroatoms. The number of carbonyl (C=O) groups excluding carboxylic acids is 1. The van der Waals surface area contributed by atoms with Gasteiger partial charge >= 0.3 is 0 Å². The van der Waals surface area contributed by atoms with Gasteiger partial charge in [-0.05, 0) is 12.0 Å². The van der Waals surface area contributed by atoms with E-state index in [2.05, 4.69) is 24.0 Å². The number of nitrogens with one attached hydrogen (secondary N) is 1. The number of H-pyrrole nitrogens is 1. The van der Waals surface area contributed by atoms with E-state index in [1.165, 1.54) is 0 Å². The van der Waals surface area contributed by atoms with Gasteiger partial charge < -0.3 is 14.4 Å². The highest BCUT2D eigenvalue weighted by Gasteiger charge is 2.41. The molecule has 6 nitrogen and oxygen atoms in total. The minimum absolute atomic E-state index is 0.0130. The fourth-order valence-electron chi connectivity index (χ4n) is 2.74. The molecule has 2 aliphatic heterocycles. The number of ether oxygens (including phenoxy) is 2. The Morgan fingerprint density at radius 2 is 2.00 bits per heavy atom. The number of hydrogen-bond acceptors (Lipinski definition) is 4.